The van der Waals surface area contributed by atoms with Crippen LogP contribution < -0.4 is 15.4 Å². The quantitative estimate of drug-likeness (QED) is 0.152. The molecular weight excluding hydrogens is 548 g/mol. The van der Waals surface area contributed by atoms with Crippen LogP contribution >= 0.6 is 23.2 Å². The molecule has 0 fully saturated rings. The van der Waals surface area contributed by atoms with E-state index in [9.17, 15) is 49.1 Å². The van der Waals surface area contributed by atoms with Crippen LogP contribution in [0, 0.1) is 23.3 Å². The van der Waals surface area contributed by atoms with Crippen LogP contribution in [-0.4, -0.2) is 37.7 Å². The smallest absolute Gasteiger partial charge is 0.506 e. The zero-order chi connectivity index (χ0) is 26.2. The monoisotopic (exact) mass is 558 g/mol. The van der Waals surface area contributed by atoms with Crippen LogP contribution in [-0.2, 0) is 14.6 Å². The van der Waals surface area contributed by atoms with Crippen LogP contribution in [0.25, 0.3) is 0 Å². The number of sulfone groups is 1. The normalized spacial score (nSPS) is 12.9. The third-order valence-corrected chi connectivity index (χ3v) is 6.70. The standard InChI is InChI=1S/C17H11Cl2F7N2O5S/c1-5(28-10(30)4-27-8-2-6(18)7(19)3-9(8)29)34(31,32)16-14(23)12(21)11(20)13(22)15(16)33-17(24,25)26/h2-3,5,27,29H,4H2,1H3,(H,28,30)/t5-/m1/s1. The number of benzene rings is 2. The van der Waals surface area contributed by atoms with Gasteiger partial charge in [0.15, 0.2) is 22.3 Å². The number of ether oxygens (including phenoxy) is 1. The molecule has 0 heterocycles. The maximum Gasteiger partial charge on any atom is 0.573 e. The van der Waals surface area contributed by atoms with Crippen molar-refractivity contribution in [3.05, 3.63) is 45.4 Å². The van der Waals surface area contributed by atoms with E-state index in [0.717, 1.165) is 12.1 Å². The van der Waals surface area contributed by atoms with Crippen LogP contribution in [0.1, 0.15) is 6.92 Å². The summed E-state index contributed by atoms with van der Waals surface area (Å²) in [5.74, 6) is -15.1. The zero-order valence-corrected chi connectivity index (χ0v) is 18.7. The van der Waals surface area contributed by atoms with Crippen molar-refractivity contribution in [1.82, 2.24) is 5.32 Å². The second-order valence-electron chi connectivity index (χ2n) is 6.35. The summed E-state index contributed by atoms with van der Waals surface area (Å²) in [7, 11) is -5.53. The summed E-state index contributed by atoms with van der Waals surface area (Å²) in [6.07, 6.45) is -5.82. The van der Waals surface area contributed by atoms with Crippen molar-refractivity contribution in [1.29, 1.82) is 0 Å². The van der Waals surface area contributed by atoms with Gasteiger partial charge in [0.1, 0.15) is 11.1 Å². The van der Waals surface area contributed by atoms with Crippen molar-refractivity contribution in [3.63, 3.8) is 0 Å². The molecule has 2 aromatic rings. The second kappa shape index (κ2) is 9.92. The van der Waals surface area contributed by atoms with E-state index in [4.69, 9.17) is 23.2 Å². The zero-order valence-electron chi connectivity index (χ0n) is 16.3. The number of halogens is 9. The van der Waals surface area contributed by atoms with Gasteiger partial charge in [0.25, 0.3) is 0 Å². The van der Waals surface area contributed by atoms with Crippen LogP contribution in [0.3, 0.4) is 0 Å². The Morgan fingerprint density at radius 1 is 1.06 bits per heavy atom. The Balaban J connectivity index is 2.34. The number of rotatable bonds is 7. The highest BCUT2D eigenvalue weighted by molar-refractivity contribution is 7.92. The molecule has 2 rings (SSSR count). The Labute approximate surface area is 196 Å². The molecule has 7 nitrogen and oxygen atoms in total. The first-order valence-corrected chi connectivity index (χ1v) is 10.8. The summed E-state index contributed by atoms with van der Waals surface area (Å²) in [5.41, 5.74) is -0.130. The number of phenols is 1. The van der Waals surface area contributed by atoms with Crippen molar-refractivity contribution >= 4 is 44.6 Å². The first-order chi connectivity index (χ1) is 15.5. The number of aromatic hydroxyl groups is 1. The van der Waals surface area contributed by atoms with Gasteiger partial charge in [-0.1, -0.05) is 23.2 Å². The third-order valence-electron chi connectivity index (χ3n) is 3.99. The largest absolute Gasteiger partial charge is 0.573 e. The molecule has 0 unspecified atom stereocenters. The van der Waals surface area contributed by atoms with Crippen LogP contribution in [0.5, 0.6) is 11.5 Å². The minimum atomic E-state index is -5.82. The highest BCUT2D eigenvalue weighted by Crippen LogP contribution is 2.38. The lowest BCUT2D eigenvalue weighted by Gasteiger charge is -2.20. The van der Waals surface area contributed by atoms with E-state index < -0.39 is 73.7 Å². The molecule has 0 aliphatic carbocycles. The fraction of sp³-hybridized carbons (Fsp3) is 0.235. The summed E-state index contributed by atoms with van der Waals surface area (Å²) < 4.78 is 121. The first-order valence-electron chi connectivity index (χ1n) is 8.54. The second-order valence-corrected chi connectivity index (χ2v) is 9.37. The summed E-state index contributed by atoms with van der Waals surface area (Å²) in [4.78, 5) is 9.76. The van der Waals surface area contributed by atoms with E-state index in [0.29, 0.717) is 6.92 Å². The Hall–Kier alpha value is -2.65. The molecule has 0 radical (unpaired) electrons. The van der Waals surface area contributed by atoms with Gasteiger partial charge in [0.2, 0.25) is 27.4 Å². The number of anilines is 1. The lowest BCUT2D eigenvalue weighted by molar-refractivity contribution is -0.276. The number of alkyl halides is 3. The van der Waals surface area contributed by atoms with Crippen molar-refractivity contribution in [2.45, 2.75) is 23.6 Å². The highest BCUT2D eigenvalue weighted by Gasteiger charge is 2.42. The number of carbonyl (C=O) groups excluding carboxylic acids is 1. The fourth-order valence-electron chi connectivity index (χ4n) is 2.44. The summed E-state index contributed by atoms with van der Waals surface area (Å²) in [5, 5.41) is 11.4. The molecule has 188 valence electrons. The van der Waals surface area contributed by atoms with E-state index in [1.54, 1.807) is 5.32 Å². The SMILES string of the molecule is C[C@H](NC(=O)CNc1cc(Cl)c(Cl)cc1O)S(=O)(=O)c1c(F)c(F)c(F)c(F)c1OC(F)(F)F. The van der Waals surface area contributed by atoms with Crippen molar-refractivity contribution in [2.75, 3.05) is 11.9 Å². The average molecular weight is 559 g/mol. The molecule has 1 amide bonds. The predicted octanol–water partition coefficient (Wildman–Crippen LogP) is 4.50. The number of phenolic OH excluding ortho intramolecular Hbond substituents is 1. The number of hydrogen-bond donors (Lipinski definition) is 3. The molecule has 17 heteroatoms. The fourth-order valence-corrected chi connectivity index (χ4v) is 4.13. The molecule has 2 aromatic carbocycles. The van der Waals surface area contributed by atoms with Gasteiger partial charge >= 0.3 is 6.36 Å². The van der Waals surface area contributed by atoms with E-state index in [1.807, 2.05) is 0 Å². The summed E-state index contributed by atoms with van der Waals surface area (Å²) in [6, 6.07) is 2.12. The maximum absolute atomic E-state index is 14.2. The van der Waals surface area contributed by atoms with Crippen molar-refractivity contribution < 1.29 is 53.8 Å². The summed E-state index contributed by atoms with van der Waals surface area (Å²) in [6.45, 7) is -0.147. The van der Waals surface area contributed by atoms with Gasteiger partial charge in [0.05, 0.1) is 22.3 Å². The molecule has 0 aliphatic rings. The minimum Gasteiger partial charge on any atom is -0.506 e. The Kier molecular flexibility index (Phi) is 8.05. The third kappa shape index (κ3) is 5.88. The van der Waals surface area contributed by atoms with Crippen LogP contribution in [0.4, 0.5) is 36.4 Å². The lowest BCUT2D eigenvalue weighted by atomic mass is 10.3. The summed E-state index contributed by atoms with van der Waals surface area (Å²) >= 11 is 11.4. The molecule has 0 aliphatic heterocycles. The molecule has 0 saturated heterocycles. The van der Waals surface area contributed by atoms with Gasteiger partial charge in [-0.2, -0.15) is 4.39 Å². The first kappa shape index (κ1) is 27.6. The van der Waals surface area contributed by atoms with Gasteiger partial charge in [-0.05, 0) is 13.0 Å². The molecule has 34 heavy (non-hydrogen) atoms. The minimum absolute atomic E-state index is 0.0356. The van der Waals surface area contributed by atoms with E-state index >= 15 is 0 Å². The van der Waals surface area contributed by atoms with Crippen LogP contribution in [0.2, 0.25) is 10.0 Å². The van der Waals surface area contributed by atoms with Gasteiger partial charge in [-0.3, -0.25) is 4.79 Å². The number of amides is 1. The predicted molar refractivity (Wildman–Crippen MR) is 104 cm³/mol. The molecule has 0 bridgehead atoms. The Bertz CT molecular complexity index is 1240. The van der Waals surface area contributed by atoms with E-state index in [1.165, 1.54) is 0 Å². The molecular formula is C17H11Cl2F7N2O5S. The average Bonchev–Trinajstić information content (AvgIpc) is 2.71. The molecule has 3 N–H and O–H groups in total. The van der Waals surface area contributed by atoms with E-state index in [-0.39, 0.29) is 15.7 Å². The maximum atomic E-state index is 14.2. The molecule has 0 spiro atoms. The van der Waals surface area contributed by atoms with Gasteiger partial charge in [-0.25, -0.2) is 21.6 Å². The van der Waals surface area contributed by atoms with Gasteiger partial charge < -0.3 is 20.5 Å². The van der Waals surface area contributed by atoms with Crippen molar-refractivity contribution in [3.8, 4) is 11.5 Å². The number of carbonyl (C=O) groups is 1. The number of hydrogen-bond acceptors (Lipinski definition) is 6. The molecule has 0 saturated carbocycles. The Morgan fingerprint density at radius 3 is 2.15 bits per heavy atom. The lowest BCUT2D eigenvalue weighted by Crippen LogP contribution is -2.42. The van der Waals surface area contributed by atoms with Crippen molar-refractivity contribution in [2.24, 2.45) is 0 Å². The van der Waals surface area contributed by atoms with Gasteiger partial charge in [-0.15, -0.1) is 13.2 Å². The van der Waals surface area contributed by atoms with Crippen LogP contribution in [0.15, 0.2) is 17.0 Å². The Morgan fingerprint density at radius 2 is 1.59 bits per heavy atom. The molecule has 1 atom stereocenters. The number of nitrogens with one attached hydrogen (secondary N) is 2. The highest BCUT2D eigenvalue weighted by atomic mass is 35.5. The van der Waals surface area contributed by atoms with E-state index in [2.05, 4.69) is 10.1 Å². The molecule has 0 aromatic heterocycles. The van der Waals surface area contributed by atoms with Gasteiger partial charge in [0, 0.05) is 6.07 Å². The topological polar surface area (TPSA) is 105 Å².